The van der Waals surface area contributed by atoms with Crippen LogP contribution in [0.15, 0.2) is 0 Å². The molecule has 0 aromatic heterocycles. The summed E-state index contributed by atoms with van der Waals surface area (Å²) in [6.07, 6.45) is 5.40. The molecular weight excluding hydrogens is 164 g/mol. The number of hydrogen-bond acceptors (Lipinski definition) is 2. The van der Waals surface area contributed by atoms with Gasteiger partial charge in [-0.2, -0.15) is 0 Å². The molecule has 3 heteroatoms. The zero-order valence-corrected chi connectivity index (χ0v) is 8.38. The molecule has 76 valence electrons. The lowest BCUT2D eigenvalue weighted by Crippen LogP contribution is -2.41. The maximum Gasteiger partial charge on any atom is 0.221 e. The van der Waals surface area contributed by atoms with Crippen LogP contribution in [0.25, 0.3) is 0 Å². The van der Waals surface area contributed by atoms with Crippen LogP contribution in [0.1, 0.15) is 39.0 Å². The fourth-order valence-corrected chi connectivity index (χ4v) is 1.94. The number of nitrogens with two attached hydrogens (primary N) is 1. The summed E-state index contributed by atoms with van der Waals surface area (Å²) in [6, 6.07) is 0.396. The number of hydrogen-bond donors (Lipinski definition) is 2. The molecule has 1 rings (SSSR count). The second-order valence-corrected chi connectivity index (χ2v) is 3.97. The minimum Gasteiger partial charge on any atom is -0.353 e. The summed E-state index contributed by atoms with van der Waals surface area (Å²) in [5, 5.41) is 3.05. The van der Waals surface area contributed by atoms with Gasteiger partial charge in [-0.1, -0.05) is 19.8 Å². The van der Waals surface area contributed by atoms with E-state index in [9.17, 15) is 4.79 Å². The van der Waals surface area contributed by atoms with Gasteiger partial charge in [0.05, 0.1) is 0 Å². The topological polar surface area (TPSA) is 55.1 Å². The Balaban J connectivity index is 2.29. The zero-order chi connectivity index (χ0) is 9.68. The second kappa shape index (κ2) is 5.22. The van der Waals surface area contributed by atoms with Gasteiger partial charge in [0, 0.05) is 19.0 Å². The van der Waals surface area contributed by atoms with E-state index in [4.69, 9.17) is 5.73 Å². The van der Waals surface area contributed by atoms with Crippen molar-refractivity contribution in [1.82, 2.24) is 5.32 Å². The summed E-state index contributed by atoms with van der Waals surface area (Å²) in [5.41, 5.74) is 5.31. The van der Waals surface area contributed by atoms with Crippen LogP contribution in [-0.4, -0.2) is 18.5 Å². The van der Waals surface area contributed by atoms with Gasteiger partial charge in [0.1, 0.15) is 0 Å². The molecule has 13 heavy (non-hydrogen) atoms. The molecule has 3 N–H and O–H groups in total. The van der Waals surface area contributed by atoms with Crippen LogP contribution < -0.4 is 11.1 Å². The molecule has 2 unspecified atom stereocenters. The van der Waals surface area contributed by atoms with E-state index in [2.05, 4.69) is 12.2 Å². The van der Waals surface area contributed by atoms with Crippen molar-refractivity contribution in [3.63, 3.8) is 0 Å². The molecule has 0 radical (unpaired) electrons. The smallest absolute Gasteiger partial charge is 0.221 e. The summed E-state index contributed by atoms with van der Waals surface area (Å²) in [4.78, 5) is 11.3. The normalized spacial score (nSPS) is 28.5. The predicted octanol–water partition coefficient (Wildman–Crippen LogP) is 1.03. The van der Waals surface area contributed by atoms with Gasteiger partial charge in [0.25, 0.3) is 0 Å². The Labute approximate surface area is 80.1 Å². The maximum atomic E-state index is 11.3. The average molecular weight is 184 g/mol. The molecule has 1 saturated carbocycles. The molecule has 1 fully saturated rings. The van der Waals surface area contributed by atoms with Crippen molar-refractivity contribution in [1.29, 1.82) is 0 Å². The zero-order valence-electron chi connectivity index (χ0n) is 8.38. The molecule has 2 atom stereocenters. The van der Waals surface area contributed by atoms with Gasteiger partial charge in [0.2, 0.25) is 5.91 Å². The van der Waals surface area contributed by atoms with Crippen LogP contribution in [0.5, 0.6) is 0 Å². The number of rotatable bonds is 3. The Morgan fingerprint density at radius 2 is 2.15 bits per heavy atom. The summed E-state index contributed by atoms with van der Waals surface area (Å²) < 4.78 is 0. The molecule has 1 aliphatic rings. The summed E-state index contributed by atoms with van der Waals surface area (Å²) in [5.74, 6) is 0.747. The Bertz CT molecular complexity index is 170. The van der Waals surface area contributed by atoms with E-state index in [1.807, 2.05) is 0 Å². The lowest BCUT2D eigenvalue weighted by molar-refractivity contribution is -0.122. The highest BCUT2D eigenvalue weighted by atomic mass is 16.1. The highest BCUT2D eigenvalue weighted by Crippen LogP contribution is 2.23. The van der Waals surface area contributed by atoms with E-state index in [-0.39, 0.29) is 5.91 Å². The van der Waals surface area contributed by atoms with Crippen molar-refractivity contribution in [3.05, 3.63) is 0 Å². The Kier molecular flexibility index (Phi) is 4.22. The molecule has 1 amide bonds. The van der Waals surface area contributed by atoms with Gasteiger partial charge in [-0.05, 0) is 18.8 Å². The van der Waals surface area contributed by atoms with Crippen LogP contribution in [0, 0.1) is 5.92 Å². The van der Waals surface area contributed by atoms with Crippen molar-refractivity contribution in [2.24, 2.45) is 11.7 Å². The third-order valence-corrected chi connectivity index (χ3v) is 2.83. The lowest BCUT2D eigenvalue weighted by atomic mass is 9.86. The SMILES string of the molecule is CC1CCCCC1NC(=O)CCN. The molecular formula is C10H20N2O. The van der Waals surface area contributed by atoms with Gasteiger partial charge >= 0.3 is 0 Å². The molecule has 0 aromatic rings. The molecule has 0 aromatic carbocycles. The van der Waals surface area contributed by atoms with Gasteiger partial charge in [0.15, 0.2) is 0 Å². The van der Waals surface area contributed by atoms with E-state index < -0.39 is 0 Å². The Morgan fingerprint density at radius 3 is 2.77 bits per heavy atom. The monoisotopic (exact) mass is 184 g/mol. The van der Waals surface area contributed by atoms with Crippen molar-refractivity contribution >= 4 is 5.91 Å². The number of carbonyl (C=O) groups is 1. The molecule has 0 bridgehead atoms. The first-order chi connectivity index (χ1) is 6.24. The summed E-state index contributed by atoms with van der Waals surface area (Å²) >= 11 is 0. The number of nitrogens with one attached hydrogen (secondary N) is 1. The van der Waals surface area contributed by atoms with Crippen molar-refractivity contribution in [2.75, 3.05) is 6.54 Å². The van der Waals surface area contributed by atoms with Gasteiger partial charge in [-0.3, -0.25) is 4.79 Å². The fourth-order valence-electron chi connectivity index (χ4n) is 1.94. The lowest BCUT2D eigenvalue weighted by Gasteiger charge is -2.29. The maximum absolute atomic E-state index is 11.3. The minimum absolute atomic E-state index is 0.112. The fraction of sp³-hybridized carbons (Fsp3) is 0.900. The third kappa shape index (κ3) is 3.35. The van der Waals surface area contributed by atoms with E-state index in [0.29, 0.717) is 24.9 Å². The highest BCUT2D eigenvalue weighted by molar-refractivity contribution is 5.76. The van der Waals surface area contributed by atoms with Crippen molar-refractivity contribution < 1.29 is 4.79 Å². The molecule has 0 heterocycles. The van der Waals surface area contributed by atoms with Crippen LogP contribution in [0.2, 0.25) is 0 Å². The van der Waals surface area contributed by atoms with E-state index >= 15 is 0 Å². The summed E-state index contributed by atoms with van der Waals surface area (Å²) in [6.45, 7) is 2.67. The van der Waals surface area contributed by atoms with Crippen molar-refractivity contribution in [2.45, 2.75) is 45.1 Å². The molecule has 0 aliphatic heterocycles. The van der Waals surface area contributed by atoms with Crippen molar-refractivity contribution in [3.8, 4) is 0 Å². The Hall–Kier alpha value is -0.570. The average Bonchev–Trinajstić information content (AvgIpc) is 2.09. The number of amides is 1. The minimum atomic E-state index is 0.112. The molecule has 0 spiro atoms. The largest absolute Gasteiger partial charge is 0.353 e. The standard InChI is InChI=1S/C10H20N2O/c1-8-4-2-3-5-9(8)12-10(13)6-7-11/h8-9H,2-7,11H2,1H3,(H,12,13). The molecule has 0 saturated heterocycles. The van der Waals surface area contributed by atoms with E-state index in [0.717, 1.165) is 6.42 Å². The van der Waals surface area contributed by atoms with Crippen LogP contribution >= 0.6 is 0 Å². The molecule has 3 nitrogen and oxygen atoms in total. The quantitative estimate of drug-likeness (QED) is 0.688. The second-order valence-electron chi connectivity index (χ2n) is 3.97. The van der Waals surface area contributed by atoms with E-state index in [1.54, 1.807) is 0 Å². The van der Waals surface area contributed by atoms with Crippen LogP contribution in [-0.2, 0) is 4.79 Å². The first-order valence-electron chi connectivity index (χ1n) is 5.23. The van der Waals surface area contributed by atoms with Gasteiger partial charge in [-0.25, -0.2) is 0 Å². The van der Waals surface area contributed by atoms with E-state index in [1.165, 1.54) is 19.3 Å². The van der Waals surface area contributed by atoms with Crippen LogP contribution in [0.3, 0.4) is 0 Å². The summed E-state index contributed by atoms with van der Waals surface area (Å²) in [7, 11) is 0. The van der Waals surface area contributed by atoms with Gasteiger partial charge < -0.3 is 11.1 Å². The number of carbonyl (C=O) groups excluding carboxylic acids is 1. The Morgan fingerprint density at radius 1 is 1.46 bits per heavy atom. The molecule has 1 aliphatic carbocycles. The first kappa shape index (κ1) is 10.5. The highest BCUT2D eigenvalue weighted by Gasteiger charge is 2.22. The van der Waals surface area contributed by atoms with Crippen LogP contribution in [0.4, 0.5) is 0 Å². The first-order valence-corrected chi connectivity index (χ1v) is 5.23. The van der Waals surface area contributed by atoms with Gasteiger partial charge in [-0.15, -0.1) is 0 Å². The third-order valence-electron chi connectivity index (χ3n) is 2.83. The predicted molar refractivity (Wildman–Crippen MR) is 53.2 cm³/mol.